The van der Waals surface area contributed by atoms with Crippen LogP contribution in [0.5, 0.6) is 0 Å². The lowest BCUT2D eigenvalue weighted by Crippen LogP contribution is -2.41. The number of nitrogens with one attached hydrogen (secondary N) is 1. The van der Waals surface area contributed by atoms with Gasteiger partial charge in [0.05, 0.1) is 42.9 Å². The molecule has 1 N–H and O–H groups in total. The van der Waals surface area contributed by atoms with Crippen LogP contribution in [0, 0.1) is 0 Å². The first-order valence-corrected chi connectivity index (χ1v) is 9.55. The first kappa shape index (κ1) is 17.4. The van der Waals surface area contributed by atoms with E-state index in [4.69, 9.17) is 0 Å². The van der Waals surface area contributed by atoms with E-state index in [1.807, 2.05) is 30.3 Å². The van der Waals surface area contributed by atoms with E-state index in [2.05, 4.69) is 19.9 Å². The van der Waals surface area contributed by atoms with Crippen LogP contribution >= 0.6 is 0 Å². The third kappa shape index (κ3) is 3.22. The molecule has 0 bridgehead atoms. The summed E-state index contributed by atoms with van der Waals surface area (Å²) in [7, 11) is 0. The molecular formula is C21H20N6O2. The maximum absolute atomic E-state index is 13.1. The molecule has 0 aliphatic carbocycles. The van der Waals surface area contributed by atoms with Crippen molar-refractivity contribution in [2.24, 2.45) is 0 Å². The van der Waals surface area contributed by atoms with Crippen molar-refractivity contribution in [1.29, 1.82) is 0 Å². The summed E-state index contributed by atoms with van der Waals surface area (Å²) >= 11 is 0. The standard InChI is InChI=1S/C21H20N6O2/c28-19-11-24-20-18(27(19)12-15-4-2-1-3-5-15)8-16(9-23-20)21(29)25-6-7-26-14-22-10-17(26)13-25/h1-5,8-10,14H,6-7,11-13H2,(H,23,24). The number of hydrogen-bond donors (Lipinski definition) is 1. The Morgan fingerprint density at radius 1 is 1.14 bits per heavy atom. The fourth-order valence-corrected chi connectivity index (χ4v) is 3.78. The van der Waals surface area contributed by atoms with Crippen molar-refractivity contribution in [3.63, 3.8) is 0 Å². The highest BCUT2D eigenvalue weighted by Crippen LogP contribution is 2.30. The molecule has 0 radical (unpaired) electrons. The molecule has 3 aromatic rings. The van der Waals surface area contributed by atoms with Gasteiger partial charge in [-0.3, -0.25) is 9.59 Å². The van der Waals surface area contributed by atoms with Crippen molar-refractivity contribution in [3.05, 3.63) is 71.9 Å². The SMILES string of the molecule is O=C(c1cnc2c(c1)N(Cc1ccccc1)C(=O)CN2)N1CCn2cncc2C1. The van der Waals surface area contributed by atoms with Gasteiger partial charge in [-0.1, -0.05) is 30.3 Å². The largest absolute Gasteiger partial charge is 0.359 e. The molecule has 2 aliphatic rings. The normalized spacial score (nSPS) is 15.5. The summed E-state index contributed by atoms with van der Waals surface area (Å²) in [6.45, 7) is 2.48. The minimum atomic E-state index is -0.0922. The van der Waals surface area contributed by atoms with Gasteiger partial charge in [-0.2, -0.15) is 0 Å². The lowest BCUT2D eigenvalue weighted by atomic mass is 10.1. The van der Waals surface area contributed by atoms with Gasteiger partial charge in [-0.05, 0) is 11.6 Å². The molecule has 0 unspecified atom stereocenters. The summed E-state index contributed by atoms with van der Waals surface area (Å²) in [6.07, 6.45) is 5.15. The van der Waals surface area contributed by atoms with Crippen LogP contribution in [0.1, 0.15) is 21.6 Å². The second-order valence-corrected chi connectivity index (χ2v) is 7.22. The van der Waals surface area contributed by atoms with Gasteiger partial charge in [-0.15, -0.1) is 0 Å². The number of nitrogens with zero attached hydrogens (tertiary/aromatic N) is 5. The van der Waals surface area contributed by atoms with Crippen LogP contribution in [0.3, 0.4) is 0 Å². The third-order valence-corrected chi connectivity index (χ3v) is 5.35. The summed E-state index contributed by atoms with van der Waals surface area (Å²) in [5.74, 6) is 0.480. The summed E-state index contributed by atoms with van der Waals surface area (Å²) in [5.41, 5.74) is 3.15. The molecule has 2 amide bonds. The van der Waals surface area contributed by atoms with Gasteiger partial charge in [0.15, 0.2) is 5.82 Å². The number of fused-ring (bicyclic) bond motifs is 2. The molecule has 5 rings (SSSR count). The van der Waals surface area contributed by atoms with Crippen LogP contribution in [0.25, 0.3) is 0 Å². The number of rotatable bonds is 3. The van der Waals surface area contributed by atoms with Gasteiger partial charge in [0.1, 0.15) is 0 Å². The highest BCUT2D eigenvalue weighted by Gasteiger charge is 2.28. The molecule has 1 aromatic carbocycles. The molecule has 0 fully saturated rings. The monoisotopic (exact) mass is 388 g/mol. The van der Waals surface area contributed by atoms with E-state index < -0.39 is 0 Å². The topological polar surface area (TPSA) is 83.4 Å². The summed E-state index contributed by atoms with van der Waals surface area (Å²) in [5, 5.41) is 3.04. The second-order valence-electron chi connectivity index (χ2n) is 7.22. The molecule has 0 saturated carbocycles. The Balaban J connectivity index is 1.43. The highest BCUT2D eigenvalue weighted by molar-refractivity contribution is 6.04. The molecule has 8 heteroatoms. The van der Waals surface area contributed by atoms with Gasteiger partial charge in [-0.25, -0.2) is 9.97 Å². The van der Waals surface area contributed by atoms with Crippen LogP contribution < -0.4 is 10.2 Å². The predicted molar refractivity (Wildman–Crippen MR) is 107 cm³/mol. The molecule has 0 atom stereocenters. The number of aromatic nitrogens is 3. The smallest absolute Gasteiger partial charge is 0.255 e. The summed E-state index contributed by atoms with van der Waals surface area (Å²) in [6, 6.07) is 11.6. The Hall–Kier alpha value is -3.68. The fraction of sp³-hybridized carbons (Fsp3) is 0.238. The zero-order valence-electron chi connectivity index (χ0n) is 15.8. The Morgan fingerprint density at radius 3 is 2.86 bits per heavy atom. The van der Waals surface area contributed by atoms with Crippen LogP contribution in [-0.4, -0.2) is 44.3 Å². The lowest BCUT2D eigenvalue weighted by Gasteiger charge is -2.31. The maximum Gasteiger partial charge on any atom is 0.255 e. The van der Waals surface area contributed by atoms with Crippen molar-refractivity contribution in [2.45, 2.75) is 19.6 Å². The second kappa shape index (κ2) is 7.05. The van der Waals surface area contributed by atoms with Crippen molar-refractivity contribution >= 4 is 23.3 Å². The minimum Gasteiger partial charge on any atom is -0.359 e. The first-order chi connectivity index (χ1) is 14.2. The Labute approximate surface area is 167 Å². The molecule has 8 nitrogen and oxygen atoms in total. The van der Waals surface area contributed by atoms with E-state index >= 15 is 0 Å². The van der Waals surface area contributed by atoms with Gasteiger partial charge in [0.2, 0.25) is 5.91 Å². The van der Waals surface area contributed by atoms with Gasteiger partial charge in [0.25, 0.3) is 5.91 Å². The molecule has 0 saturated heterocycles. The molecule has 29 heavy (non-hydrogen) atoms. The van der Waals surface area contributed by atoms with Crippen LogP contribution in [0.4, 0.5) is 11.5 Å². The van der Waals surface area contributed by atoms with Gasteiger partial charge in [0, 0.05) is 25.5 Å². The van der Waals surface area contributed by atoms with Crippen LogP contribution in [0.15, 0.2) is 55.1 Å². The zero-order valence-corrected chi connectivity index (χ0v) is 15.8. The average molecular weight is 388 g/mol. The number of pyridine rings is 1. The van der Waals surface area contributed by atoms with Gasteiger partial charge < -0.3 is 19.7 Å². The number of carbonyl (C=O) groups excluding carboxylic acids is 2. The third-order valence-electron chi connectivity index (χ3n) is 5.35. The molecule has 146 valence electrons. The van der Waals surface area contributed by atoms with E-state index in [0.717, 1.165) is 17.8 Å². The molecule has 2 aromatic heterocycles. The van der Waals surface area contributed by atoms with Crippen LogP contribution in [0.2, 0.25) is 0 Å². The first-order valence-electron chi connectivity index (χ1n) is 9.55. The molecule has 4 heterocycles. The zero-order chi connectivity index (χ0) is 19.8. The lowest BCUT2D eigenvalue weighted by molar-refractivity contribution is -0.117. The minimum absolute atomic E-state index is 0.0466. The van der Waals surface area contributed by atoms with Crippen molar-refractivity contribution < 1.29 is 9.59 Å². The van der Waals surface area contributed by atoms with Crippen LogP contribution in [-0.2, 0) is 24.4 Å². The van der Waals surface area contributed by atoms with Crippen molar-refractivity contribution in [2.75, 3.05) is 23.3 Å². The molecule has 2 aliphatic heterocycles. The Morgan fingerprint density at radius 2 is 2.00 bits per heavy atom. The van der Waals surface area contributed by atoms with E-state index in [1.165, 1.54) is 0 Å². The van der Waals surface area contributed by atoms with E-state index in [9.17, 15) is 9.59 Å². The average Bonchev–Trinajstić information content (AvgIpc) is 3.23. The van der Waals surface area contributed by atoms with Crippen molar-refractivity contribution in [1.82, 2.24) is 19.4 Å². The number of benzene rings is 1. The van der Waals surface area contributed by atoms with Crippen molar-refractivity contribution in [3.8, 4) is 0 Å². The highest BCUT2D eigenvalue weighted by atomic mass is 16.2. The molecular weight excluding hydrogens is 368 g/mol. The van der Waals surface area contributed by atoms with E-state index in [-0.39, 0.29) is 18.4 Å². The summed E-state index contributed by atoms with van der Waals surface area (Å²) < 4.78 is 2.05. The fourth-order valence-electron chi connectivity index (χ4n) is 3.78. The molecule has 0 spiro atoms. The van der Waals surface area contributed by atoms with E-state index in [0.29, 0.717) is 36.7 Å². The number of hydrogen-bond acceptors (Lipinski definition) is 5. The maximum atomic E-state index is 13.1. The number of imidazole rings is 1. The predicted octanol–water partition coefficient (Wildman–Crippen LogP) is 1.89. The quantitative estimate of drug-likeness (QED) is 0.741. The number of anilines is 2. The number of amides is 2. The summed E-state index contributed by atoms with van der Waals surface area (Å²) in [4.78, 5) is 37.7. The Bertz CT molecular complexity index is 1080. The van der Waals surface area contributed by atoms with E-state index in [1.54, 1.807) is 34.6 Å². The van der Waals surface area contributed by atoms with Gasteiger partial charge >= 0.3 is 0 Å². The Kier molecular flexibility index (Phi) is 4.23. The number of carbonyl (C=O) groups is 2.